The van der Waals surface area contributed by atoms with E-state index in [4.69, 9.17) is 18.9 Å². The van der Waals surface area contributed by atoms with E-state index in [2.05, 4.69) is 0 Å². The lowest BCUT2D eigenvalue weighted by molar-refractivity contribution is -0.267. The third-order valence-electron chi connectivity index (χ3n) is 2.32. The minimum atomic E-state index is -1.46. The zero-order chi connectivity index (χ0) is 14.6. The van der Waals surface area contributed by atoms with Gasteiger partial charge >= 0.3 is 17.9 Å². The molecule has 0 saturated carbocycles. The zero-order valence-electron chi connectivity index (χ0n) is 10.8. The van der Waals surface area contributed by atoms with Crippen LogP contribution in [0.2, 0.25) is 0 Å². The second-order valence-electron chi connectivity index (χ2n) is 4.02. The maximum absolute atomic E-state index is 11.1. The van der Waals surface area contributed by atoms with Gasteiger partial charge in [-0.2, -0.15) is 0 Å². The molecule has 8 nitrogen and oxygen atoms in total. The van der Waals surface area contributed by atoms with Crippen molar-refractivity contribution in [2.45, 2.75) is 45.4 Å². The normalized spacial score (nSPS) is 30.3. The van der Waals surface area contributed by atoms with Crippen LogP contribution in [-0.4, -0.2) is 54.2 Å². The van der Waals surface area contributed by atoms with Crippen molar-refractivity contribution in [3.63, 3.8) is 0 Å². The summed E-state index contributed by atoms with van der Waals surface area (Å²) in [6, 6.07) is 0. The van der Waals surface area contributed by atoms with Crippen molar-refractivity contribution in [2.75, 3.05) is 6.61 Å². The predicted molar refractivity (Wildman–Crippen MR) is 58.6 cm³/mol. The second-order valence-corrected chi connectivity index (χ2v) is 4.02. The molecule has 0 radical (unpaired) electrons. The van der Waals surface area contributed by atoms with Crippen LogP contribution >= 0.6 is 0 Å². The highest BCUT2D eigenvalue weighted by Gasteiger charge is 2.46. The first-order valence-corrected chi connectivity index (χ1v) is 5.62. The number of carbonyl (C=O) groups is 3. The number of hydrogen-bond acceptors (Lipinski definition) is 8. The van der Waals surface area contributed by atoms with Gasteiger partial charge in [0.1, 0.15) is 0 Å². The van der Waals surface area contributed by atoms with Gasteiger partial charge in [0.2, 0.25) is 0 Å². The monoisotopic (exact) mass is 276 g/mol. The number of aliphatic hydroxyl groups excluding tert-OH is 1. The first-order chi connectivity index (χ1) is 8.81. The fourth-order valence-corrected chi connectivity index (χ4v) is 1.72. The Morgan fingerprint density at radius 3 is 1.89 bits per heavy atom. The fraction of sp³-hybridized carbons (Fsp3) is 0.727. The van der Waals surface area contributed by atoms with Crippen LogP contribution < -0.4 is 0 Å². The van der Waals surface area contributed by atoms with Crippen molar-refractivity contribution in [2.24, 2.45) is 0 Å². The quantitative estimate of drug-likeness (QED) is 0.523. The molecule has 0 amide bonds. The Bertz CT molecular complexity index is 366. The molecule has 1 heterocycles. The lowest BCUT2D eigenvalue weighted by Crippen LogP contribution is -2.57. The first kappa shape index (κ1) is 15.4. The summed E-state index contributed by atoms with van der Waals surface area (Å²) in [5.74, 6) is -1.95. The van der Waals surface area contributed by atoms with Crippen LogP contribution in [0.15, 0.2) is 0 Å². The Morgan fingerprint density at radius 2 is 1.42 bits per heavy atom. The van der Waals surface area contributed by atoms with Gasteiger partial charge in [-0.1, -0.05) is 0 Å². The summed E-state index contributed by atoms with van der Waals surface area (Å²) < 4.78 is 19.6. The number of rotatable bonds is 3. The summed E-state index contributed by atoms with van der Waals surface area (Å²) in [5.41, 5.74) is 0. The molecule has 4 atom stereocenters. The number of carbonyl (C=O) groups excluding carboxylic acids is 3. The maximum atomic E-state index is 11.1. The van der Waals surface area contributed by atoms with E-state index in [0.29, 0.717) is 0 Å². The van der Waals surface area contributed by atoms with Crippen LogP contribution in [0.25, 0.3) is 0 Å². The van der Waals surface area contributed by atoms with Crippen molar-refractivity contribution in [1.82, 2.24) is 0 Å². The Kier molecular flexibility index (Phi) is 5.25. The van der Waals surface area contributed by atoms with Crippen molar-refractivity contribution in [1.29, 1.82) is 0 Å². The van der Waals surface area contributed by atoms with E-state index in [1.807, 2.05) is 0 Å². The highest BCUT2D eigenvalue weighted by atomic mass is 16.7. The van der Waals surface area contributed by atoms with E-state index in [9.17, 15) is 19.5 Å². The van der Waals surface area contributed by atoms with Gasteiger partial charge in [-0.3, -0.25) is 14.4 Å². The van der Waals surface area contributed by atoms with Gasteiger partial charge in [-0.15, -0.1) is 0 Å². The maximum Gasteiger partial charge on any atom is 0.303 e. The Morgan fingerprint density at radius 1 is 0.947 bits per heavy atom. The smallest absolute Gasteiger partial charge is 0.303 e. The molecule has 1 aliphatic rings. The molecule has 1 N–H and O–H groups in total. The molecular weight excluding hydrogens is 260 g/mol. The van der Waals surface area contributed by atoms with Crippen LogP contribution in [-0.2, 0) is 33.3 Å². The zero-order valence-corrected chi connectivity index (χ0v) is 10.8. The third-order valence-corrected chi connectivity index (χ3v) is 2.32. The molecule has 0 bridgehead atoms. The molecule has 8 heteroatoms. The van der Waals surface area contributed by atoms with Gasteiger partial charge in [0, 0.05) is 20.8 Å². The molecule has 1 saturated heterocycles. The third kappa shape index (κ3) is 4.49. The second kappa shape index (κ2) is 6.48. The summed E-state index contributed by atoms with van der Waals surface area (Å²) in [4.78, 5) is 33.0. The number of ether oxygens (including phenoxy) is 4. The van der Waals surface area contributed by atoms with Crippen LogP contribution in [0.1, 0.15) is 20.8 Å². The fourth-order valence-electron chi connectivity index (χ4n) is 1.72. The Balaban J connectivity index is 2.89. The van der Waals surface area contributed by atoms with E-state index < -0.39 is 42.5 Å². The van der Waals surface area contributed by atoms with Crippen molar-refractivity contribution < 1.29 is 38.4 Å². The molecule has 0 spiro atoms. The predicted octanol–water partition coefficient (Wildman–Crippen LogP) is -0.870. The molecule has 1 rings (SSSR count). The summed E-state index contributed by atoms with van der Waals surface area (Å²) >= 11 is 0. The van der Waals surface area contributed by atoms with E-state index in [-0.39, 0.29) is 6.61 Å². The summed E-state index contributed by atoms with van der Waals surface area (Å²) in [6.45, 7) is 3.29. The molecule has 19 heavy (non-hydrogen) atoms. The van der Waals surface area contributed by atoms with E-state index in [1.165, 1.54) is 6.92 Å². The average molecular weight is 276 g/mol. The lowest BCUT2D eigenvalue weighted by atomic mass is 10.0. The van der Waals surface area contributed by atoms with Gasteiger partial charge in [0.15, 0.2) is 24.6 Å². The largest absolute Gasteiger partial charge is 0.456 e. The average Bonchev–Trinajstić information content (AvgIpc) is 2.25. The lowest BCUT2D eigenvalue weighted by Gasteiger charge is -2.38. The molecule has 0 aromatic rings. The molecular formula is C11H16O8. The van der Waals surface area contributed by atoms with Crippen LogP contribution in [0.5, 0.6) is 0 Å². The van der Waals surface area contributed by atoms with Gasteiger partial charge in [-0.25, -0.2) is 0 Å². The number of aliphatic hydroxyl groups is 1. The van der Waals surface area contributed by atoms with Crippen molar-refractivity contribution in [3.05, 3.63) is 0 Å². The molecule has 1 aliphatic heterocycles. The van der Waals surface area contributed by atoms with E-state index in [1.54, 1.807) is 0 Å². The Labute approximate surface area is 109 Å². The first-order valence-electron chi connectivity index (χ1n) is 5.62. The molecule has 1 unspecified atom stereocenters. The summed E-state index contributed by atoms with van der Waals surface area (Å²) in [7, 11) is 0. The van der Waals surface area contributed by atoms with Gasteiger partial charge in [0.25, 0.3) is 0 Å². The van der Waals surface area contributed by atoms with E-state index >= 15 is 0 Å². The van der Waals surface area contributed by atoms with Gasteiger partial charge < -0.3 is 24.1 Å². The van der Waals surface area contributed by atoms with Crippen molar-refractivity contribution >= 4 is 17.9 Å². The Hall–Kier alpha value is -1.67. The van der Waals surface area contributed by atoms with Crippen molar-refractivity contribution in [3.8, 4) is 0 Å². The molecule has 1 fully saturated rings. The standard InChI is InChI=1S/C11H16O8/c1-5(12)17-8-4-16-11(15)10(19-7(3)14)9(8)18-6(2)13/h8-11,15H,4H2,1-3H3/t8-,9+,10-,11?/m0/s1. The highest BCUT2D eigenvalue weighted by molar-refractivity contribution is 5.68. The minimum absolute atomic E-state index is 0.170. The minimum Gasteiger partial charge on any atom is -0.456 e. The molecule has 0 aromatic heterocycles. The van der Waals surface area contributed by atoms with Crippen LogP contribution in [0.3, 0.4) is 0 Å². The summed E-state index contributed by atoms with van der Waals surface area (Å²) in [6.07, 6.45) is -4.78. The van der Waals surface area contributed by atoms with Crippen LogP contribution in [0, 0.1) is 0 Å². The highest BCUT2D eigenvalue weighted by Crippen LogP contribution is 2.23. The van der Waals surface area contributed by atoms with E-state index in [0.717, 1.165) is 13.8 Å². The molecule has 0 aliphatic carbocycles. The summed E-state index contributed by atoms with van der Waals surface area (Å²) in [5, 5.41) is 9.62. The number of hydrogen-bond donors (Lipinski definition) is 1. The number of esters is 3. The SMILES string of the molecule is CC(=O)O[C@@H]1[C@@H](OC(C)=O)COC(O)[C@H]1OC(C)=O. The van der Waals surface area contributed by atoms with Gasteiger partial charge in [-0.05, 0) is 0 Å². The molecule has 108 valence electrons. The van der Waals surface area contributed by atoms with Crippen LogP contribution in [0.4, 0.5) is 0 Å². The van der Waals surface area contributed by atoms with Gasteiger partial charge in [0.05, 0.1) is 6.61 Å². The topological polar surface area (TPSA) is 108 Å². The molecule has 0 aromatic carbocycles.